The van der Waals surface area contributed by atoms with E-state index in [0.717, 1.165) is 25.7 Å². The molecule has 1 aliphatic rings. The second kappa shape index (κ2) is 5.63. The maximum absolute atomic E-state index is 14.0. The monoisotopic (exact) mass is 299 g/mol. The van der Waals surface area contributed by atoms with Crippen LogP contribution >= 0.6 is 11.6 Å². The highest BCUT2D eigenvalue weighted by molar-refractivity contribution is 6.31. The number of rotatable bonds is 3. The minimum atomic E-state index is -0.947. The molecule has 1 saturated carbocycles. The van der Waals surface area contributed by atoms with Crippen molar-refractivity contribution in [2.45, 2.75) is 45.6 Å². The third-order valence-electron chi connectivity index (χ3n) is 4.86. The fraction of sp³-hybridized carbons (Fsp3) is 0.625. The van der Waals surface area contributed by atoms with Crippen molar-refractivity contribution in [2.75, 3.05) is 6.54 Å². The van der Waals surface area contributed by atoms with Gasteiger partial charge in [-0.05, 0) is 43.2 Å². The number of hydrogen-bond acceptors (Lipinski definition) is 2. The fourth-order valence-electron chi connectivity index (χ4n) is 3.09. The summed E-state index contributed by atoms with van der Waals surface area (Å²) in [5.41, 5.74) is 5.92. The van der Waals surface area contributed by atoms with Crippen molar-refractivity contribution in [1.29, 1.82) is 0 Å². The van der Waals surface area contributed by atoms with Crippen LogP contribution in [0.25, 0.3) is 0 Å². The Kier molecular flexibility index (Phi) is 4.43. The zero-order valence-electron chi connectivity index (χ0n) is 12.1. The average molecular weight is 300 g/mol. The standard InChI is InChI=1S/C16H23ClFNO/c1-15(2)6-8-16(10-19,9-7-15)14(20)13-11(17)4-3-5-12(13)18/h3-5,14,20H,6-10,19H2,1-2H3. The molecule has 0 radical (unpaired) electrons. The molecule has 20 heavy (non-hydrogen) atoms. The Morgan fingerprint density at radius 2 is 1.90 bits per heavy atom. The Morgan fingerprint density at radius 1 is 1.30 bits per heavy atom. The largest absolute Gasteiger partial charge is 0.388 e. The van der Waals surface area contributed by atoms with Gasteiger partial charge in [-0.15, -0.1) is 0 Å². The first-order valence-corrected chi connectivity index (χ1v) is 7.51. The first-order chi connectivity index (χ1) is 9.31. The molecule has 0 spiro atoms. The molecule has 3 N–H and O–H groups in total. The molecule has 1 fully saturated rings. The molecule has 0 aliphatic heterocycles. The molecule has 1 atom stereocenters. The van der Waals surface area contributed by atoms with Crippen molar-refractivity contribution < 1.29 is 9.50 Å². The third-order valence-corrected chi connectivity index (χ3v) is 5.19. The van der Waals surface area contributed by atoms with Crippen LogP contribution in [0.3, 0.4) is 0 Å². The Morgan fingerprint density at radius 3 is 2.40 bits per heavy atom. The molecule has 2 nitrogen and oxygen atoms in total. The van der Waals surface area contributed by atoms with Crippen LogP contribution in [0, 0.1) is 16.6 Å². The predicted molar refractivity (Wildman–Crippen MR) is 80.1 cm³/mol. The van der Waals surface area contributed by atoms with Gasteiger partial charge in [-0.25, -0.2) is 4.39 Å². The number of aliphatic hydroxyl groups excluding tert-OH is 1. The van der Waals surface area contributed by atoms with Crippen LogP contribution in [0.15, 0.2) is 18.2 Å². The molecule has 0 bridgehead atoms. The highest BCUT2D eigenvalue weighted by atomic mass is 35.5. The quantitative estimate of drug-likeness (QED) is 0.884. The first kappa shape index (κ1) is 15.7. The zero-order chi connectivity index (χ0) is 15.0. The second-order valence-corrected chi connectivity index (χ2v) is 7.18. The second-order valence-electron chi connectivity index (χ2n) is 6.77. The summed E-state index contributed by atoms with van der Waals surface area (Å²) in [6.07, 6.45) is 2.60. The van der Waals surface area contributed by atoms with Crippen LogP contribution in [0.4, 0.5) is 4.39 Å². The molecule has 1 unspecified atom stereocenters. The molecule has 1 aromatic rings. The number of hydrogen-bond donors (Lipinski definition) is 2. The molecule has 1 aromatic carbocycles. The fourth-order valence-corrected chi connectivity index (χ4v) is 3.36. The topological polar surface area (TPSA) is 46.2 Å². The number of nitrogens with two attached hydrogens (primary N) is 1. The van der Waals surface area contributed by atoms with E-state index in [1.165, 1.54) is 6.07 Å². The van der Waals surface area contributed by atoms with E-state index in [2.05, 4.69) is 13.8 Å². The summed E-state index contributed by atoms with van der Waals surface area (Å²) in [4.78, 5) is 0. The van der Waals surface area contributed by atoms with Crippen molar-refractivity contribution in [3.05, 3.63) is 34.6 Å². The summed E-state index contributed by atoms with van der Waals surface area (Å²) in [5, 5.41) is 11.0. The van der Waals surface area contributed by atoms with Gasteiger partial charge in [0.15, 0.2) is 0 Å². The van der Waals surface area contributed by atoms with E-state index in [1.54, 1.807) is 12.1 Å². The van der Waals surface area contributed by atoms with E-state index in [-0.39, 0.29) is 16.0 Å². The number of halogens is 2. The van der Waals surface area contributed by atoms with Crippen molar-refractivity contribution >= 4 is 11.6 Å². The van der Waals surface area contributed by atoms with Crippen LogP contribution < -0.4 is 5.73 Å². The van der Waals surface area contributed by atoms with Gasteiger partial charge < -0.3 is 10.8 Å². The maximum Gasteiger partial charge on any atom is 0.130 e. The normalized spacial score (nSPS) is 22.5. The van der Waals surface area contributed by atoms with Gasteiger partial charge in [0.2, 0.25) is 0 Å². The predicted octanol–water partition coefficient (Wildman–Crippen LogP) is 4.06. The van der Waals surface area contributed by atoms with E-state index in [0.29, 0.717) is 6.54 Å². The molecule has 0 amide bonds. The molecule has 1 aliphatic carbocycles. The molecular weight excluding hydrogens is 277 g/mol. The van der Waals surface area contributed by atoms with Crippen LogP contribution in [-0.2, 0) is 0 Å². The smallest absolute Gasteiger partial charge is 0.130 e. The van der Waals surface area contributed by atoms with Crippen LogP contribution in [0.5, 0.6) is 0 Å². The summed E-state index contributed by atoms with van der Waals surface area (Å²) in [6.45, 7) is 4.78. The minimum absolute atomic E-state index is 0.194. The van der Waals surface area contributed by atoms with Crippen molar-refractivity contribution in [1.82, 2.24) is 0 Å². The lowest BCUT2D eigenvalue weighted by molar-refractivity contribution is -0.0252. The average Bonchev–Trinajstić information content (AvgIpc) is 2.39. The van der Waals surface area contributed by atoms with Crippen molar-refractivity contribution in [2.24, 2.45) is 16.6 Å². The van der Waals surface area contributed by atoms with Gasteiger partial charge in [0, 0.05) is 22.5 Å². The third kappa shape index (κ3) is 2.85. The highest BCUT2D eigenvalue weighted by Crippen LogP contribution is 2.51. The van der Waals surface area contributed by atoms with Gasteiger partial charge in [0.1, 0.15) is 5.82 Å². The molecule has 2 rings (SSSR count). The van der Waals surface area contributed by atoms with Gasteiger partial charge in [-0.1, -0.05) is 31.5 Å². The summed E-state index contributed by atoms with van der Waals surface area (Å²) in [6, 6.07) is 4.49. The van der Waals surface area contributed by atoms with E-state index in [1.807, 2.05) is 0 Å². The lowest BCUT2D eigenvalue weighted by Crippen LogP contribution is -2.42. The number of benzene rings is 1. The van der Waals surface area contributed by atoms with Gasteiger partial charge >= 0.3 is 0 Å². The van der Waals surface area contributed by atoms with Crippen LogP contribution in [0.2, 0.25) is 5.02 Å². The van der Waals surface area contributed by atoms with Gasteiger partial charge in [-0.2, -0.15) is 0 Å². The van der Waals surface area contributed by atoms with Crippen molar-refractivity contribution in [3.8, 4) is 0 Å². The van der Waals surface area contributed by atoms with Gasteiger partial charge in [0.25, 0.3) is 0 Å². The molecule has 0 heterocycles. The lowest BCUT2D eigenvalue weighted by atomic mass is 9.62. The molecule has 0 saturated heterocycles. The van der Waals surface area contributed by atoms with Gasteiger partial charge in [-0.3, -0.25) is 0 Å². The SMILES string of the molecule is CC1(C)CCC(CN)(C(O)c2c(F)cccc2Cl)CC1. The summed E-state index contributed by atoms with van der Waals surface area (Å²) < 4.78 is 14.0. The zero-order valence-corrected chi connectivity index (χ0v) is 12.9. The van der Waals surface area contributed by atoms with E-state index in [4.69, 9.17) is 17.3 Å². The Balaban J connectivity index is 2.33. The molecule has 0 aromatic heterocycles. The van der Waals surface area contributed by atoms with E-state index in [9.17, 15) is 9.50 Å². The minimum Gasteiger partial charge on any atom is -0.388 e. The Hall–Kier alpha value is -0.640. The van der Waals surface area contributed by atoms with Crippen molar-refractivity contribution in [3.63, 3.8) is 0 Å². The summed E-state index contributed by atoms with van der Waals surface area (Å²) in [7, 11) is 0. The van der Waals surface area contributed by atoms with E-state index < -0.39 is 17.3 Å². The summed E-state index contributed by atoms with van der Waals surface area (Å²) in [5.74, 6) is -0.456. The van der Waals surface area contributed by atoms with Crippen LogP contribution in [-0.4, -0.2) is 11.7 Å². The first-order valence-electron chi connectivity index (χ1n) is 7.13. The molecule has 4 heteroatoms. The highest BCUT2D eigenvalue weighted by Gasteiger charge is 2.44. The number of aliphatic hydroxyl groups is 1. The van der Waals surface area contributed by atoms with Crippen LogP contribution in [0.1, 0.15) is 51.2 Å². The van der Waals surface area contributed by atoms with Gasteiger partial charge in [0.05, 0.1) is 6.10 Å². The Bertz CT molecular complexity index is 459. The molecular formula is C16H23ClFNO. The maximum atomic E-state index is 14.0. The lowest BCUT2D eigenvalue weighted by Gasteiger charge is -2.46. The molecule has 112 valence electrons. The summed E-state index contributed by atoms with van der Waals surface area (Å²) >= 11 is 6.08. The Labute approximate surface area is 125 Å². The van der Waals surface area contributed by atoms with E-state index >= 15 is 0 Å².